The standard InChI is InChI=1S/C13H20N2O3/c1-10(13(17)14-6-7-18-2)15-9-11-4-3-5-12(16)8-11/h3-5,8,10,15-16H,6-7,9H2,1-2H3,(H,14,17). The maximum Gasteiger partial charge on any atom is 0.236 e. The molecule has 0 saturated carbocycles. The number of ether oxygens (including phenoxy) is 1. The molecular weight excluding hydrogens is 232 g/mol. The lowest BCUT2D eigenvalue weighted by Gasteiger charge is -2.14. The smallest absolute Gasteiger partial charge is 0.236 e. The lowest BCUT2D eigenvalue weighted by atomic mass is 10.2. The van der Waals surface area contributed by atoms with Crippen molar-refractivity contribution in [1.29, 1.82) is 0 Å². The fraction of sp³-hybridized carbons (Fsp3) is 0.462. The van der Waals surface area contributed by atoms with Crippen LogP contribution in [0, 0.1) is 0 Å². The molecule has 0 aliphatic rings. The molecule has 0 aromatic heterocycles. The second-order valence-electron chi connectivity index (χ2n) is 4.06. The van der Waals surface area contributed by atoms with Gasteiger partial charge in [0.1, 0.15) is 5.75 Å². The minimum atomic E-state index is -0.288. The average Bonchev–Trinajstić information content (AvgIpc) is 2.36. The van der Waals surface area contributed by atoms with Crippen LogP contribution < -0.4 is 10.6 Å². The highest BCUT2D eigenvalue weighted by Gasteiger charge is 2.11. The number of hydrogen-bond donors (Lipinski definition) is 3. The van der Waals surface area contributed by atoms with Crippen LogP contribution >= 0.6 is 0 Å². The summed E-state index contributed by atoms with van der Waals surface area (Å²) in [6, 6.07) is 6.66. The average molecular weight is 252 g/mol. The zero-order chi connectivity index (χ0) is 13.4. The second kappa shape index (κ2) is 7.68. The largest absolute Gasteiger partial charge is 0.508 e. The van der Waals surface area contributed by atoms with Crippen molar-refractivity contribution in [1.82, 2.24) is 10.6 Å². The number of rotatable bonds is 7. The molecule has 1 amide bonds. The summed E-state index contributed by atoms with van der Waals surface area (Å²) in [6.45, 7) is 3.34. The fourth-order valence-corrected chi connectivity index (χ4v) is 1.46. The van der Waals surface area contributed by atoms with Crippen LogP contribution in [0.25, 0.3) is 0 Å². The van der Waals surface area contributed by atoms with Crippen molar-refractivity contribution >= 4 is 5.91 Å². The molecule has 5 heteroatoms. The summed E-state index contributed by atoms with van der Waals surface area (Å²) >= 11 is 0. The summed E-state index contributed by atoms with van der Waals surface area (Å²) in [4.78, 5) is 11.6. The third kappa shape index (κ3) is 5.16. The van der Waals surface area contributed by atoms with Gasteiger partial charge in [-0.2, -0.15) is 0 Å². The Morgan fingerprint density at radius 3 is 2.94 bits per heavy atom. The number of phenolic OH excluding ortho intramolecular Hbond substituents is 1. The highest BCUT2D eigenvalue weighted by Crippen LogP contribution is 2.10. The van der Waals surface area contributed by atoms with Crippen LogP contribution in [0.3, 0.4) is 0 Å². The predicted molar refractivity (Wildman–Crippen MR) is 69.3 cm³/mol. The summed E-state index contributed by atoms with van der Waals surface area (Å²) in [7, 11) is 1.59. The molecule has 1 unspecified atom stereocenters. The number of methoxy groups -OCH3 is 1. The molecule has 0 radical (unpaired) electrons. The topological polar surface area (TPSA) is 70.6 Å². The number of carbonyl (C=O) groups is 1. The first-order valence-electron chi connectivity index (χ1n) is 5.91. The fourth-order valence-electron chi connectivity index (χ4n) is 1.46. The highest BCUT2D eigenvalue weighted by molar-refractivity contribution is 5.81. The van der Waals surface area contributed by atoms with Crippen LogP contribution in [0.15, 0.2) is 24.3 Å². The van der Waals surface area contributed by atoms with Gasteiger partial charge in [0, 0.05) is 20.2 Å². The molecule has 3 N–H and O–H groups in total. The van der Waals surface area contributed by atoms with Gasteiger partial charge in [0.25, 0.3) is 0 Å². The molecule has 1 atom stereocenters. The minimum Gasteiger partial charge on any atom is -0.508 e. The van der Waals surface area contributed by atoms with Gasteiger partial charge >= 0.3 is 0 Å². The summed E-state index contributed by atoms with van der Waals surface area (Å²) in [6.07, 6.45) is 0. The van der Waals surface area contributed by atoms with Crippen LogP contribution in [0.2, 0.25) is 0 Å². The molecule has 0 heterocycles. The van der Waals surface area contributed by atoms with Crippen LogP contribution in [0.1, 0.15) is 12.5 Å². The first kappa shape index (κ1) is 14.5. The van der Waals surface area contributed by atoms with Gasteiger partial charge in [0.15, 0.2) is 0 Å². The van der Waals surface area contributed by atoms with E-state index in [1.807, 2.05) is 6.07 Å². The Morgan fingerprint density at radius 2 is 2.28 bits per heavy atom. The Bertz CT molecular complexity index is 382. The number of hydrogen-bond acceptors (Lipinski definition) is 4. The Kier molecular flexibility index (Phi) is 6.18. The van der Waals surface area contributed by atoms with Gasteiger partial charge in [-0.1, -0.05) is 12.1 Å². The van der Waals surface area contributed by atoms with Gasteiger partial charge in [-0.05, 0) is 24.6 Å². The van der Waals surface area contributed by atoms with Gasteiger partial charge in [0.05, 0.1) is 12.6 Å². The quantitative estimate of drug-likeness (QED) is 0.623. The van der Waals surface area contributed by atoms with Crippen molar-refractivity contribution in [3.63, 3.8) is 0 Å². The van der Waals surface area contributed by atoms with Crippen molar-refractivity contribution in [3.05, 3.63) is 29.8 Å². The molecule has 1 rings (SSSR count). The maximum absolute atomic E-state index is 11.6. The van der Waals surface area contributed by atoms with Crippen molar-refractivity contribution in [2.75, 3.05) is 20.3 Å². The molecule has 0 aliphatic carbocycles. The van der Waals surface area contributed by atoms with E-state index in [9.17, 15) is 9.90 Å². The third-order valence-electron chi connectivity index (χ3n) is 2.52. The van der Waals surface area contributed by atoms with E-state index in [0.29, 0.717) is 19.7 Å². The van der Waals surface area contributed by atoms with Crippen LogP contribution in [0.4, 0.5) is 0 Å². The Hall–Kier alpha value is -1.59. The highest BCUT2D eigenvalue weighted by atomic mass is 16.5. The SMILES string of the molecule is COCCNC(=O)C(C)NCc1cccc(O)c1. The summed E-state index contributed by atoms with van der Waals surface area (Å²) in [5.41, 5.74) is 0.937. The zero-order valence-corrected chi connectivity index (χ0v) is 10.8. The predicted octanol–water partition coefficient (Wildman–Crippen LogP) is 0.633. The van der Waals surface area contributed by atoms with Crippen LogP contribution in [0.5, 0.6) is 5.75 Å². The molecular formula is C13H20N2O3. The number of benzene rings is 1. The number of amides is 1. The summed E-state index contributed by atoms with van der Waals surface area (Å²) < 4.78 is 4.85. The van der Waals surface area contributed by atoms with E-state index in [2.05, 4.69) is 10.6 Å². The number of aromatic hydroxyl groups is 1. The van der Waals surface area contributed by atoms with E-state index in [1.165, 1.54) is 0 Å². The van der Waals surface area contributed by atoms with E-state index in [1.54, 1.807) is 32.2 Å². The van der Waals surface area contributed by atoms with Crippen molar-refractivity contribution in [3.8, 4) is 5.75 Å². The summed E-state index contributed by atoms with van der Waals surface area (Å²) in [5, 5.41) is 15.2. The van der Waals surface area contributed by atoms with E-state index >= 15 is 0 Å². The molecule has 100 valence electrons. The van der Waals surface area contributed by atoms with Crippen LogP contribution in [-0.4, -0.2) is 37.3 Å². The number of nitrogens with one attached hydrogen (secondary N) is 2. The molecule has 0 aliphatic heterocycles. The van der Waals surface area contributed by atoms with Crippen molar-refractivity contribution in [2.24, 2.45) is 0 Å². The lowest BCUT2D eigenvalue weighted by molar-refractivity contribution is -0.122. The number of carbonyl (C=O) groups excluding carboxylic acids is 1. The van der Waals surface area contributed by atoms with Crippen molar-refractivity contribution < 1.29 is 14.6 Å². The normalized spacial score (nSPS) is 12.1. The third-order valence-corrected chi connectivity index (χ3v) is 2.52. The molecule has 18 heavy (non-hydrogen) atoms. The van der Waals surface area contributed by atoms with Crippen LogP contribution in [-0.2, 0) is 16.1 Å². The number of phenols is 1. The molecule has 1 aromatic rings. The second-order valence-corrected chi connectivity index (χ2v) is 4.06. The van der Waals surface area contributed by atoms with Gasteiger partial charge in [0.2, 0.25) is 5.91 Å². The molecule has 0 spiro atoms. The van der Waals surface area contributed by atoms with Gasteiger partial charge in [-0.15, -0.1) is 0 Å². The van der Waals surface area contributed by atoms with Gasteiger partial charge in [-0.25, -0.2) is 0 Å². The summed E-state index contributed by atoms with van der Waals surface area (Å²) in [5.74, 6) is 0.165. The first-order valence-corrected chi connectivity index (χ1v) is 5.91. The van der Waals surface area contributed by atoms with E-state index in [-0.39, 0.29) is 17.7 Å². The minimum absolute atomic E-state index is 0.0628. The Labute approximate surface area is 107 Å². The molecule has 5 nitrogen and oxygen atoms in total. The molecule has 0 fully saturated rings. The lowest BCUT2D eigenvalue weighted by Crippen LogP contribution is -2.42. The van der Waals surface area contributed by atoms with Crippen molar-refractivity contribution in [2.45, 2.75) is 19.5 Å². The van der Waals surface area contributed by atoms with E-state index in [4.69, 9.17) is 4.74 Å². The maximum atomic E-state index is 11.6. The Balaban J connectivity index is 2.32. The first-order chi connectivity index (χ1) is 8.63. The molecule has 0 bridgehead atoms. The molecule has 1 aromatic carbocycles. The van der Waals surface area contributed by atoms with E-state index < -0.39 is 0 Å². The van der Waals surface area contributed by atoms with E-state index in [0.717, 1.165) is 5.56 Å². The van der Waals surface area contributed by atoms with Gasteiger partial charge in [-0.3, -0.25) is 4.79 Å². The zero-order valence-electron chi connectivity index (χ0n) is 10.8. The van der Waals surface area contributed by atoms with Gasteiger partial charge < -0.3 is 20.5 Å². The molecule has 0 saturated heterocycles. The Morgan fingerprint density at radius 1 is 1.50 bits per heavy atom. The monoisotopic (exact) mass is 252 g/mol.